The third kappa shape index (κ3) is 2.07. The van der Waals surface area contributed by atoms with Crippen molar-refractivity contribution in [1.29, 1.82) is 5.26 Å². The van der Waals surface area contributed by atoms with Gasteiger partial charge in [-0.1, -0.05) is 6.07 Å². The van der Waals surface area contributed by atoms with Crippen molar-refractivity contribution in [3.05, 3.63) is 55.4 Å². The number of carbonyl (C=O) groups excluding carboxylic acids is 1. The number of rotatable bonds is 2. The van der Waals surface area contributed by atoms with Crippen molar-refractivity contribution in [2.45, 2.75) is 0 Å². The number of fused-ring (bicyclic) bond motifs is 1. The lowest BCUT2D eigenvalue weighted by molar-refractivity contribution is 0.104. The first-order chi connectivity index (χ1) is 9.20. The fraction of sp³-hybridized carbons (Fsp3) is 0. The molecule has 2 heterocycles. The average Bonchev–Trinajstić information content (AvgIpc) is 3.03. The van der Waals surface area contributed by atoms with Crippen LogP contribution in [0.15, 0.2) is 35.8 Å². The maximum Gasteiger partial charge on any atom is 0.196 e. The van der Waals surface area contributed by atoms with Crippen molar-refractivity contribution in [2.24, 2.45) is 0 Å². The molecule has 0 aliphatic carbocycles. The molecule has 19 heavy (non-hydrogen) atoms. The molecule has 1 aromatic carbocycles. The van der Waals surface area contributed by atoms with Gasteiger partial charge in [0.1, 0.15) is 0 Å². The van der Waals surface area contributed by atoms with E-state index < -0.39 is 0 Å². The van der Waals surface area contributed by atoms with Crippen molar-refractivity contribution in [3.63, 3.8) is 0 Å². The third-order valence-corrected chi connectivity index (χ3v) is 4.69. The minimum Gasteiger partial charge on any atom is -0.360 e. The summed E-state index contributed by atoms with van der Waals surface area (Å²) in [5.74, 6) is -0.0480. The van der Waals surface area contributed by atoms with Gasteiger partial charge < -0.3 is 4.98 Å². The van der Waals surface area contributed by atoms with E-state index in [-0.39, 0.29) is 5.78 Å². The lowest BCUT2D eigenvalue weighted by Crippen LogP contribution is -1.99. The second-order valence-electron chi connectivity index (χ2n) is 4.01. The number of ketones is 1. The van der Waals surface area contributed by atoms with Gasteiger partial charge in [-0.3, -0.25) is 4.79 Å². The summed E-state index contributed by atoms with van der Waals surface area (Å²) in [5, 5.41) is 11.7. The molecule has 0 saturated carbocycles. The van der Waals surface area contributed by atoms with Gasteiger partial charge in [0.25, 0.3) is 0 Å². The Morgan fingerprint density at radius 1 is 1.42 bits per heavy atom. The Morgan fingerprint density at radius 2 is 2.26 bits per heavy atom. The van der Waals surface area contributed by atoms with Crippen LogP contribution in [0, 0.1) is 14.2 Å². The monoisotopic (exact) mass is 378 g/mol. The number of hydrogen-bond donors (Lipinski definition) is 1. The number of hydrogen-bond acceptors (Lipinski definition) is 3. The largest absolute Gasteiger partial charge is 0.360 e. The van der Waals surface area contributed by atoms with Crippen LogP contribution in [0.1, 0.15) is 21.5 Å². The van der Waals surface area contributed by atoms with Gasteiger partial charge in [-0.15, -0.1) is 11.3 Å². The number of nitrogens with one attached hydrogen (secondary N) is 1. The molecule has 2 aromatic heterocycles. The quantitative estimate of drug-likeness (QED) is 0.543. The fourth-order valence-corrected chi connectivity index (χ4v) is 3.37. The summed E-state index contributed by atoms with van der Waals surface area (Å²) in [4.78, 5) is 15.5. The first kappa shape index (κ1) is 12.4. The van der Waals surface area contributed by atoms with Gasteiger partial charge in [0, 0.05) is 33.6 Å². The summed E-state index contributed by atoms with van der Waals surface area (Å²) in [6, 6.07) is 9.40. The summed E-state index contributed by atoms with van der Waals surface area (Å²) < 4.78 is 1.07. The molecule has 5 heteroatoms. The molecule has 0 bridgehead atoms. The lowest BCUT2D eigenvalue weighted by Gasteiger charge is -1.98. The summed E-state index contributed by atoms with van der Waals surface area (Å²) in [5.41, 5.74) is 2.56. The van der Waals surface area contributed by atoms with Gasteiger partial charge in [0.05, 0.1) is 14.5 Å². The van der Waals surface area contributed by atoms with Crippen molar-refractivity contribution in [3.8, 4) is 6.07 Å². The molecule has 3 nitrogen and oxygen atoms in total. The molecule has 3 aromatic rings. The zero-order valence-electron chi connectivity index (χ0n) is 9.61. The Hall–Kier alpha value is -1.65. The molecular weight excluding hydrogens is 371 g/mol. The molecule has 0 spiro atoms. The van der Waals surface area contributed by atoms with Crippen LogP contribution >= 0.6 is 33.9 Å². The Morgan fingerprint density at radius 3 is 2.95 bits per heavy atom. The van der Waals surface area contributed by atoms with E-state index in [1.165, 1.54) is 11.3 Å². The minimum atomic E-state index is -0.0480. The van der Waals surface area contributed by atoms with Crippen molar-refractivity contribution in [2.75, 3.05) is 0 Å². The Labute approximate surface area is 127 Å². The number of thiophene rings is 1. The zero-order valence-corrected chi connectivity index (χ0v) is 12.6. The van der Waals surface area contributed by atoms with Crippen LogP contribution in [0.2, 0.25) is 0 Å². The second-order valence-corrected chi connectivity index (χ2v) is 6.82. The summed E-state index contributed by atoms with van der Waals surface area (Å²) in [6.45, 7) is 0. The van der Waals surface area contributed by atoms with Crippen LogP contribution in [0.25, 0.3) is 10.9 Å². The number of carbonyl (C=O) groups is 1. The smallest absolute Gasteiger partial charge is 0.196 e. The highest BCUT2D eigenvalue weighted by molar-refractivity contribution is 14.1. The zero-order chi connectivity index (χ0) is 13.4. The number of halogens is 1. The maximum atomic E-state index is 12.5. The highest BCUT2D eigenvalue weighted by Crippen LogP contribution is 2.26. The van der Waals surface area contributed by atoms with Gasteiger partial charge in [-0.2, -0.15) is 5.26 Å². The SMILES string of the molecule is N#Cc1cccc2[nH]cc(C(=O)c3csc(I)c3)c12. The Kier molecular flexibility index (Phi) is 3.12. The Bertz CT molecular complexity index is 825. The van der Waals surface area contributed by atoms with Gasteiger partial charge in [0.2, 0.25) is 0 Å². The maximum absolute atomic E-state index is 12.5. The molecule has 3 rings (SSSR count). The summed E-state index contributed by atoms with van der Waals surface area (Å²) in [6.07, 6.45) is 1.68. The van der Waals surface area contributed by atoms with E-state index in [0.717, 1.165) is 8.40 Å². The molecular formula is C14H7IN2OS. The van der Waals surface area contributed by atoms with E-state index in [1.54, 1.807) is 18.3 Å². The van der Waals surface area contributed by atoms with Gasteiger partial charge >= 0.3 is 0 Å². The summed E-state index contributed by atoms with van der Waals surface area (Å²) in [7, 11) is 0. The number of nitriles is 1. The number of H-pyrrole nitrogens is 1. The number of aromatic nitrogens is 1. The first-order valence-corrected chi connectivity index (χ1v) is 7.45. The van der Waals surface area contributed by atoms with E-state index in [9.17, 15) is 4.79 Å². The predicted molar refractivity (Wildman–Crippen MR) is 83.5 cm³/mol. The van der Waals surface area contributed by atoms with Crippen LogP contribution in [-0.4, -0.2) is 10.8 Å². The van der Waals surface area contributed by atoms with Gasteiger partial charge in [-0.25, -0.2) is 0 Å². The molecule has 0 atom stereocenters. The average molecular weight is 378 g/mol. The van der Waals surface area contributed by atoms with Crippen LogP contribution in [0.3, 0.4) is 0 Å². The minimum absolute atomic E-state index is 0.0480. The van der Waals surface area contributed by atoms with Crippen molar-refractivity contribution < 1.29 is 4.79 Å². The molecule has 0 fully saturated rings. The molecule has 1 N–H and O–H groups in total. The number of benzene rings is 1. The molecule has 0 aliphatic rings. The van der Waals surface area contributed by atoms with E-state index in [4.69, 9.17) is 5.26 Å². The topological polar surface area (TPSA) is 56.6 Å². The van der Waals surface area contributed by atoms with Crippen LogP contribution in [0.5, 0.6) is 0 Å². The second kappa shape index (κ2) is 4.79. The molecule has 92 valence electrons. The van der Waals surface area contributed by atoms with E-state index in [2.05, 4.69) is 33.6 Å². The fourth-order valence-electron chi connectivity index (χ4n) is 2.04. The number of nitrogens with zero attached hydrogens (tertiary/aromatic N) is 1. The van der Waals surface area contributed by atoms with E-state index in [1.807, 2.05) is 17.5 Å². The highest BCUT2D eigenvalue weighted by Gasteiger charge is 2.17. The first-order valence-electron chi connectivity index (χ1n) is 5.49. The normalized spacial score (nSPS) is 10.5. The van der Waals surface area contributed by atoms with Crippen molar-refractivity contribution >= 4 is 50.6 Å². The van der Waals surface area contributed by atoms with E-state index in [0.29, 0.717) is 22.1 Å². The highest BCUT2D eigenvalue weighted by atomic mass is 127. The van der Waals surface area contributed by atoms with Crippen LogP contribution in [-0.2, 0) is 0 Å². The molecule has 0 unspecified atom stereocenters. The van der Waals surface area contributed by atoms with Crippen LogP contribution in [0.4, 0.5) is 0 Å². The molecule has 0 saturated heterocycles. The van der Waals surface area contributed by atoms with Gasteiger partial charge in [-0.05, 0) is 40.8 Å². The Balaban J connectivity index is 2.21. The lowest BCUT2D eigenvalue weighted by atomic mass is 10.0. The molecule has 0 amide bonds. The standard InChI is InChI=1S/C14H7IN2OS/c15-12-4-9(7-19-12)14(18)10-6-17-11-3-1-2-8(5-16)13(10)11/h1-4,6-7,17H. The molecule has 0 radical (unpaired) electrons. The predicted octanol–water partition coefficient (Wildman–Crippen LogP) is 3.94. The molecule has 0 aliphatic heterocycles. The van der Waals surface area contributed by atoms with Crippen LogP contribution < -0.4 is 0 Å². The number of aromatic amines is 1. The summed E-state index contributed by atoms with van der Waals surface area (Å²) >= 11 is 3.73. The van der Waals surface area contributed by atoms with Gasteiger partial charge in [0.15, 0.2) is 5.78 Å². The van der Waals surface area contributed by atoms with Crippen molar-refractivity contribution in [1.82, 2.24) is 4.98 Å². The third-order valence-electron chi connectivity index (χ3n) is 2.90. The van der Waals surface area contributed by atoms with E-state index >= 15 is 0 Å².